The monoisotopic (exact) mass is 335 g/mol. The highest BCUT2D eigenvalue weighted by molar-refractivity contribution is 5.90. The molecule has 1 N–H and O–H groups in total. The van der Waals surface area contributed by atoms with E-state index in [0.717, 1.165) is 42.8 Å². The van der Waals surface area contributed by atoms with E-state index in [9.17, 15) is 4.79 Å². The van der Waals surface area contributed by atoms with Crippen molar-refractivity contribution in [2.24, 2.45) is 0 Å². The number of hydrogen-bond acceptors (Lipinski definition) is 2. The van der Waals surface area contributed by atoms with E-state index in [2.05, 4.69) is 28.2 Å². The molecule has 0 aliphatic rings. The molecule has 1 aromatic carbocycles. The Hall–Kier alpha value is -2.62. The minimum Gasteiger partial charge on any atom is -0.353 e. The maximum Gasteiger partial charge on any atom is 0.222 e. The van der Waals surface area contributed by atoms with Gasteiger partial charge in [-0.1, -0.05) is 24.3 Å². The van der Waals surface area contributed by atoms with Gasteiger partial charge in [-0.05, 0) is 50.5 Å². The third kappa shape index (κ3) is 3.73. The Bertz CT molecular complexity index is 835. The van der Waals surface area contributed by atoms with Crippen LogP contribution in [0.25, 0.3) is 22.3 Å². The van der Waals surface area contributed by atoms with Gasteiger partial charge in [0.25, 0.3) is 0 Å². The van der Waals surface area contributed by atoms with Gasteiger partial charge in [0.1, 0.15) is 0 Å². The van der Waals surface area contributed by atoms with Crippen LogP contribution in [0.3, 0.4) is 0 Å². The summed E-state index contributed by atoms with van der Waals surface area (Å²) in [6, 6.07) is 14.3. The lowest BCUT2D eigenvalue weighted by Crippen LogP contribution is -2.30. The Labute approximate surface area is 148 Å². The van der Waals surface area contributed by atoms with Crippen LogP contribution in [0.2, 0.25) is 0 Å². The molecule has 0 fully saturated rings. The second-order valence-electron chi connectivity index (χ2n) is 6.16. The minimum atomic E-state index is 0.240. The van der Waals surface area contributed by atoms with Gasteiger partial charge in [-0.15, -0.1) is 0 Å². The van der Waals surface area contributed by atoms with Crippen molar-refractivity contribution in [2.45, 2.75) is 33.1 Å². The van der Waals surface area contributed by atoms with Crippen LogP contribution in [0, 0.1) is 0 Å². The summed E-state index contributed by atoms with van der Waals surface area (Å²) in [4.78, 5) is 22.2. The SMILES string of the molecule is CCN(CC)C(=O)CCCc1c(-c2ccccn2)[nH]c2ccccc12. The van der Waals surface area contributed by atoms with Crippen molar-refractivity contribution in [2.75, 3.05) is 13.1 Å². The number of carbonyl (C=O) groups excluding carboxylic acids is 1. The summed E-state index contributed by atoms with van der Waals surface area (Å²) in [5.41, 5.74) is 4.38. The molecule has 130 valence electrons. The van der Waals surface area contributed by atoms with Crippen molar-refractivity contribution in [3.05, 3.63) is 54.2 Å². The number of aryl methyl sites for hydroxylation is 1. The lowest BCUT2D eigenvalue weighted by molar-refractivity contribution is -0.130. The summed E-state index contributed by atoms with van der Waals surface area (Å²) in [5, 5.41) is 1.22. The highest BCUT2D eigenvalue weighted by atomic mass is 16.2. The fraction of sp³-hybridized carbons (Fsp3) is 0.333. The number of rotatable bonds is 7. The highest BCUT2D eigenvalue weighted by Gasteiger charge is 2.15. The quantitative estimate of drug-likeness (QED) is 0.695. The largest absolute Gasteiger partial charge is 0.353 e. The van der Waals surface area contributed by atoms with Crippen molar-refractivity contribution >= 4 is 16.8 Å². The third-order valence-corrected chi connectivity index (χ3v) is 4.67. The first kappa shape index (κ1) is 17.2. The van der Waals surface area contributed by atoms with Crippen LogP contribution < -0.4 is 0 Å². The van der Waals surface area contributed by atoms with Crippen molar-refractivity contribution in [1.82, 2.24) is 14.9 Å². The number of para-hydroxylation sites is 1. The number of carbonyl (C=O) groups is 1. The van der Waals surface area contributed by atoms with Gasteiger partial charge in [-0.25, -0.2) is 0 Å². The van der Waals surface area contributed by atoms with E-state index in [1.54, 1.807) is 0 Å². The summed E-state index contributed by atoms with van der Waals surface area (Å²) >= 11 is 0. The zero-order valence-electron chi connectivity index (χ0n) is 15.0. The molecule has 3 rings (SSSR count). The molecule has 0 aliphatic heterocycles. The molecule has 25 heavy (non-hydrogen) atoms. The molecule has 3 aromatic rings. The molecule has 0 unspecified atom stereocenters. The Morgan fingerprint density at radius 3 is 2.56 bits per heavy atom. The average Bonchev–Trinajstić information content (AvgIpc) is 3.02. The molecule has 2 heterocycles. The van der Waals surface area contributed by atoms with Gasteiger partial charge in [0.2, 0.25) is 5.91 Å². The number of pyridine rings is 1. The molecule has 0 aliphatic carbocycles. The number of H-pyrrole nitrogens is 1. The van der Waals surface area contributed by atoms with Crippen LogP contribution >= 0.6 is 0 Å². The number of nitrogens with zero attached hydrogens (tertiary/aromatic N) is 2. The molecule has 1 amide bonds. The van der Waals surface area contributed by atoms with Gasteiger partial charge in [0.15, 0.2) is 0 Å². The van der Waals surface area contributed by atoms with Crippen LogP contribution in [0.4, 0.5) is 0 Å². The number of amides is 1. The molecular weight excluding hydrogens is 310 g/mol. The zero-order valence-corrected chi connectivity index (χ0v) is 15.0. The number of aromatic nitrogens is 2. The first-order chi connectivity index (χ1) is 12.2. The summed E-state index contributed by atoms with van der Waals surface area (Å²) < 4.78 is 0. The lowest BCUT2D eigenvalue weighted by Gasteiger charge is -2.18. The minimum absolute atomic E-state index is 0.240. The molecule has 4 heteroatoms. The molecule has 0 saturated carbocycles. The van der Waals surface area contributed by atoms with Gasteiger partial charge in [0, 0.05) is 36.6 Å². The smallest absolute Gasteiger partial charge is 0.222 e. The van der Waals surface area contributed by atoms with E-state index < -0.39 is 0 Å². The van der Waals surface area contributed by atoms with Crippen LogP contribution in [0.5, 0.6) is 0 Å². The maximum absolute atomic E-state index is 12.3. The molecule has 0 spiro atoms. The summed E-state index contributed by atoms with van der Waals surface area (Å²) in [6.07, 6.45) is 4.11. The van der Waals surface area contributed by atoms with E-state index >= 15 is 0 Å². The van der Waals surface area contributed by atoms with E-state index in [1.807, 2.05) is 49.2 Å². The van der Waals surface area contributed by atoms with Crippen molar-refractivity contribution in [1.29, 1.82) is 0 Å². The maximum atomic E-state index is 12.3. The molecule has 0 atom stereocenters. The van der Waals surface area contributed by atoms with Gasteiger partial charge in [-0.2, -0.15) is 0 Å². The summed E-state index contributed by atoms with van der Waals surface area (Å²) in [6.45, 7) is 5.61. The lowest BCUT2D eigenvalue weighted by atomic mass is 10.0. The number of hydrogen-bond donors (Lipinski definition) is 1. The van der Waals surface area contributed by atoms with E-state index in [0.29, 0.717) is 6.42 Å². The topological polar surface area (TPSA) is 49.0 Å². The van der Waals surface area contributed by atoms with Crippen molar-refractivity contribution < 1.29 is 4.79 Å². The van der Waals surface area contributed by atoms with Crippen LogP contribution in [0.15, 0.2) is 48.7 Å². The summed E-state index contributed by atoms with van der Waals surface area (Å²) in [7, 11) is 0. The Morgan fingerprint density at radius 1 is 1.08 bits per heavy atom. The number of fused-ring (bicyclic) bond motifs is 1. The molecule has 0 radical (unpaired) electrons. The van der Waals surface area contributed by atoms with E-state index in [1.165, 1.54) is 10.9 Å². The first-order valence-electron chi connectivity index (χ1n) is 9.03. The van der Waals surface area contributed by atoms with E-state index in [4.69, 9.17) is 0 Å². The standard InChI is InChI=1S/C21H25N3O/c1-3-24(4-2)20(25)14-9-11-17-16-10-5-6-12-18(16)23-21(17)19-13-7-8-15-22-19/h5-8,10,12-13,15,23H,3-4,9,11,14H2,1-2H3. The Balaban J connectivity index is 1.84. The molecule has 2 aromatic heterocycles. The number of benzene rings is 1. The van der Waals surface area contributed by atoms with Gasteiger partial charge >= 0.3 is 0 Å². The van der Waals surface area contributed by atoms with Crippen LogP contribution in [-0.4, -0.2) is 33.9 Å². The van der Waals surface area contributed by atoms with E-state index in [-0.39, 0.29) is 5.91 Å². The molecule has 4 nitrogen and oxygen atoms in total. The Morgan fingerprint density at radius 2 is 1.84 bits per heavy atom. The molecular formula is C21H25N3O. The van der Waals surface area contributed by atoms with Crippen LogP contribution in [-0.2, 0) is 11.2 Å². The summed E-state index contributed by atoms with van der Waals surface area (Å²) in [5.74, 6) is 0.240. The molecule has 0 bridgehead atoms. The fourth-order valence-electron chi connectivity index (χ4n) is 3.34. The van der Waals surface area contributed by atoms with Gasteiger partial charge < -0.3 is 9.88 Å². The first-order valence-corrected chi connectivity index (χ1v) is 9.03. The number of aromatic amines is 1. The second kappa shape index (κ2) is 7.97. The number of nitrogens with one attached hydrogen (secondary N) is 1. The predicted molar refractivity (Wildman–Crippen MR) is 102 cm³/mol. The molecule has 0 saturated heterocycles. The zero-order chi connectivity index (χ0) is 17.6. The van der Waals surface area contributed by atoms with Gasteiger partial charge in [0.05, 0.1) is 11.4 Å². The predicted octanol–water partition coefficient (Wildman–Crippen LogP) is 4.42. The normalized spacial score (nSPS) is 11.0. The van der Waals surface area contributed by atoms with Gasteiger partial charge in [-0.3, -0.25) is 9.78 Å². The second-order valence-corrected chi connectivity index (χ2v) is 6.16. The highest BCUT2D eigenvalue weighted by Crippen LogP contribution is 2.30. The van der Waals surface area contributed by atoms with Crippen molar-refractivity contribution in [3.8, 4) is 11.4 Å². The average molecular weight is 335 g/mol. The fourth-order valence-corrected chi connectivity index (χ4v) is 3.34. The van der Waals surface area contributed by atoms with Crippen molar-refractivity contribution in [3.63, 3.8) is 0 Å². The van der Waals surface area contributed by atoms with Crippen LogP contribution in [0.1, 0.15) is 32.3 Å². The Kier molecular flexibility index (Phi) is 5.49. The third-order valence-electron chi connectivity index (χ3n) is 4.67.